The van der Waals surface area contributed by atoms with Crippen LogP contribution in [0.2, 0.25) is 10.0 Å². The lowest BCUT2D eigenvalue weighted by Gasteiger charge is -2.32. The van der Waals surface area contributed by atoms with Crippen LogP contribution in [0, 0.1) is 0 Å². The van der Waals surface area contributed by atoms with Gasteiger partial charge in [0.1, 0.15) is 18.3 Å². The number of ether oxygens (including phenoxy) is 1. The fraction of sp³-hybridized carbons (Fsp3) is 0.355. The largest absolute Gasteiger partial charge is 0.494 e. The molecule has 0 heterocycles. The minimum atomic E-state index is -4.18. The van der Waals surface area contributed by atoms with Gasteiger partial charge in [0.05, 0.1) is 27.2 Å². The Bertz CT molecular complexity index is 1490. The van der Waals surface area contributed by atoms with Gasteiger partial charge in [0.2, 0.25) is 11.8 Å². The first kappa shape index (κ1) is 34.6. The average molecular weight is 667 g/mol. The molecule has 0 aliphatic heterocycles. The summed E-state index contributed by atoms with van der Waals surface area (Å²) in [5, 5.41) is 3.53. The van der Waals surface area contributed by atoms with Gasteiger partial charge in [0.15, 0.2) is 0 Å². The highest BCUT2D eigenvalue weighted by Crippen LogP contribution is 2.28. The van der Waals surface area contributed by atoms with Gasteiger partial charge in [-0.3, -0.25) is 13.9 Å². The molecule has 0 saturated carbocycles. The van der Waals surface area contributed by atoms with E-state index in [4.69, 9.17) is 27.9 Å². The van der Waals surface area contributed by atoms with Crippen LogP contribution in [0.3, 0.4) is 0 Å². The molecule has 1 atom stereocenters. The quantitative estimate of drug-likeness (QED) is 0.144. The molecule has 3 aromatic rings. The Kier molecular flexibility index (Phi) is 13.1. The Morgan fingerprint density at radius 2 is 1.65 bits per heavy atom. The second-order valence-electron chi connectivity index (χ2n) is 9.70. The van der Waals surface area contributed by atoms with E-state index in [9.17, 15) is 18.0 Å². The van der Waals surface area contributed by atoms with E-state index in [-0.39, 0.29) is 23.0 Å². The fourth-order valence-corrected chi connectivity index (χ4v) is 6.38. The molecule has 1 N–H and O–H groups in total. The van der Waals surface area contributed by atoms with Crippen molar-refractivity contribution < 1.29 is 22.7 Å². The number of nitrogens with one attached hydrogen (secondary N) is 1. The second kappa shape index (κ2) is 16.2. The van der Waals surface area contributed by atoms with Crippen molar-refractivity contribution in [3.05, 3.63) is 82.3 Å². The molecule has 8 nitrogen and oxygen atoms in total. The number of thioether (sulfide) groups is 1. The Balaban J connectivity index is 2.02. The molecule has 2 amide bonds. The molecule has 0 aliphatic rings. The van der Waals surface area contributed by atoms with Crippen molar-refractivity contribution in [2.45, 2.75) is 56.0 Å². The van der Waals surface area contributed by atoms with E-state index in [1.807, 2.05) is 20.1 Å². The molecule has 3 aromatic carbocycles. The zero-order valence-electron chi connectivity index (χ0n) is 24.7. The van der Waals surface area contributed by atoms with Gasteiger partial charge in [-0.15, -0.1) is 11.8 Å². The van der Waals surface area contributed by atoms with Crippen LogP contribution in [-0.4, -0.2) is 57.1 Å². The molecular formula is C31H37Cl2N3O5S2. The maximum atomic E-state index is 14.1. The standard InChI is InChI=1S/C31H37Cl2N3O5S2/c1-5-7-18-34-31(38)22(3)35(20-23-8-17-28(32)29(33)19-23)30(37)21-36(24-9-11-25(12-10-24)41-6-2)43(39,40)27-15-13-26(42-4)14-16-27/h8-17,19,22H,5-7,18,20-21H2,1-4H3,(H,34,38). The molecule has 12 heteroatoms. The third kappa shape index (κ3) is 9.28. The Hall–Kier alpha value is -2.92. The first-order chi connectivity index (χ1) is 20.5. The van der Waals surface area contributed by atoms with Crippen LogP contribution in [0.5, 0.6) is 5.75 Å². The van der Waals surface area contributed by atoms with Gasteiger partial charge in [0, 0.05) is 18.0 Å². The molecule has 0 radical (unpaired) electrons. The monoisotopic (exact) mass is 665 g/mol. The van der Waals surface area contributed by atoms with E-state index in [0.29, 0.717) is 34.5 Å². The Labute approximate surface area is 268 Å². The first-order valence-electron chi connectivity index (χ1n) is 13.9. The van der Waals surface area contributed by atoms with Gasteiger partial charge in [-0.05, 0) is 92.8 Å². The smallest absolute Gasteiger partial charge is 0.264 e. The molecule has 3 rings (SSSR count). The van der Waals surface area contributed by atoms with Crippen LogP contribution in [0.15, 0.2) is 76.5 Å². The summed E-state index contributed by atoms with van der Waals surface area (Å²) >= 11 is 13.8. The molecule has 0 aliphatic carbocycles. The average Bonchev–Trinajstić information content (AvgIpc) is 3.00. The summed E-state index contributed by atoms with van der Waals surface area (Å²) in [6, 6.07) is 17.0. The van der Waals surface area contributed by atoms with Crippen LogP contribution >= 0.6 is 35.0 Å². The topological polar surface area (TPSA) is 96.0 Å². The summed E-state index contributed by atoms with van der Waals surface area (Å²) in [5.41, 5.74) is 0.916. The van der Waals surface area contributed by atoms with Crippen molar-refractivity contribution in [1.82, 2.24) is 10.2 Å². The van der Waals surface area contributed by atoms with Crippen molar-refractivity contribution in [2.75, 3.05) is 30.3 Å². The third-order valence-corrected chi connectivity index (χ3v) is 9.97. The van der Waals surface area contributed by atoms with E-state index < -0.39 is 28.5 Å². The number of anilines is 1. The van der Waals surface area contributed by atoms with E-state index in [0.717, 1.165) is 22.0 Å². The van der Waals surface area contributed by atoms with Gasteiger partial charge in [0.25, 0.3) is 10.0 Å². The van der Waals surface area contributed by atoms with Crippen LogP contribution < -0.4 is 14.4 Å². The number of nitrogens with zero attached hydrogens (tertiary/aromatic N) is 2. The number of hydrogen-bond donors (Lipinski definition) is 1. The highest BCUT2D eigenvalue weighted by Gasteiger charge is 2.32. The number of rotatable bonds is 15. The lowest BCUT2D eigenvalue weighted by molar-refractivity contribution is -0.139. The molecule has 1 unspecified atom stereocenters. The predicted octanol–water partition coefficient (Wildman–Crippen LogP) is 6.64. The lowest BCUT2D eigenvalue weighted by atomic mass is 10.1. The van der Waals surface area contributed by atoms with E-state index in [1.165, 1.54) is 28.8 Å². The zero-order valence-corrected chi connectivity index (χ0v) is 27.8. The Morgan fingerprint density at radius 1 is 0.977 bits per heavy atom. The highest BCUT2D eigenvalue weighted by atomic mass is 35.5. The second-order valence-corrected chi connectivity index (χ2v) is 13.3. The molecule has 43 heavy (non-hydrogen) atoms. The number of carbonyl (C=O) groups excluding carboxylic acids is 2. The summed E-state index contributed by atoms with van der Waals surface area (Å²) in [5.74, 6) is -0.342. The van der Waals surface area contributed by atoms with Crippen LogP contribution in [0.25, 0.3) is 0 Å². The molecule has 0 fully saturated rings. The van der Waals surface area contributed by atoms with E-state index in [2.05, 4.69) is 5.32 Å². The third-order valence-electron chi connectivity index (χ3n) is 6.70. The van der Waals surface area contributed by atoms with Gasteiger partial charge >= 0.3 is 0 Å². The van der Waals surface area contributed by atoms with Crippen LogP contribution in [0.1, 0.15) is 39.2 Å². The highest BCUT2D eigenvalue weighted by molar-refractivity contribution is 7.98. The number of halogens is 2. The lowest BCUT2D eigenvalue weighted by Crippen LogP contribution is -2.51. The summed E-state index contributed by atoms with van der Waals surface area (Å²) in [6.45, 7) is 5.86. The number of carbonyl (C=O) groups is 2. The summed E-state index contributed by atoms with van der Waals surface area (Å²) in [7, 11) is -4.18. The van der Waals surface area contributed by atoms with Gasteiger partial charge in [-0.2, -0.15) is 0 Å². The summed E-state index contributed by atoms with van der Waals surface area (Å²) in [4.78, 5) is 29.5. The van der Waals surface area contributed by atoms with Crippen molar-refractivity contribution >= 4 is 62.5 Å². The number of unbranched alkanes of at least 4 members (excludes halogenated alkanes) is 1. The maximum absolute atomic E-state index is 14.1. The van der Waals surface area contributed by atoms with Crippen molar-refractivity contribution in [3.63, 3.8) is 0 Å². The minimum absolute atomic E-state index is 0.0116. The first-order valence-corrected chi connectivity index (χ1v) is 17.3. The molecule has 0 aromatic heterocycles. The molecule has 0 bridgehead atoms. The summed E-state index contributed by atoms with van der Waals surface area (Å²) in [6.07, 6.45) is 3.59. The Morgan fingerprint density at radius 3 is 2.23 bits per heavy atom. The van der Waals surface area contributed by atoms with Crippen LogP contribution in [0.4, 0.5) is 5.69 Å². The summed E-state index contributed by atoms with van der Waals surface area (Å²) < 4.78 is 34.6. The molecule has 0 saturated heterocycles. The maximum Gasteiger partial charge on any atom is 0.264 e. The van der Waals surface area contributed by atoms with E-state index in [1.54, 1.807) is 61.5 Å². The fourth-order valence-electron chi connectivity index (χ4n) is 4.23. The van der Waals surface area contributed by atoms with Gasteiger partial charge in [-0.25, -0.2) is 8.42 Å². The number of hydrogen-bond acceptors (Lipinski definition) is 6. The minimum Gasteiger partial charge on any atom is -0.494 e. The zero-order chi connectivity index (χ0) is 31.6. The van der Waals surface area contributed by atoms with Crippen molar-refractivity contribution in [3.8, 4) is 5.75 Å². The molecule has 232 valence electrons. The normalized spacial score (nSPS) is 12.0. The van der Waals surface area contributed by atoms with E-state index >= 15 is 0 Å². The number of benzene rings is 3. The molecular weight excluding hydrogens is 629 g/mol. The SMILES string of the molecule is CCCCNC(=O)C(C)N(Cc1ccc(Cl)c(Cl)c1)C(=O)CN(c1ccc(OCC)cc1)S(=O)(=O)c1ccc(SC)cc1. The van der Waals surface area contributed by atoms with Crippen LogP contribution in [-0.2, 0) is 26.2 Å². The number of amides is 2. The van der Waals surface area contributed by atoms with Gasteiger partial charge < -0.3 is 15.0 Å². The number of sulfonamides is 1. The van der Waals surface area contributed by atoms with Gasteiger partial charge in [-0.1, -0.05) is 42.6 Å². The van der Waals surface area contributed by atoms with Crippen molar-refractivity contribution in [2.24, 2.45) is 0 Å². The molecule has 0 spiro atoms. The predicted molar refractivity (Wildman–Crippen MR) is 175 cm³/mol. The van der Waals surface area contributed by atoms with Crippen molar-refractivity contribution in [1.29, 1.82) is 0 Å².